The highest BCUT2D eigenvalue weighted by atomic mass is 79.9. The van der Waals surface area contributed by atoms with Gasteiger partial charge in [0.1, 0.15) is 5.82 Å². The molecule has 0 aliphatic rings. The Morgan fingerprint density at radius 2 is 2.25 bits per heavy atom. The number of hydrogen-bond acceptors (Lipinski definition) is 1. The number of halogens is 2. The Morgan fingerprint density at radius 3 is 2.83 bits per heavy atom. The molecule has 0 radical (unpaired) electrons. The molecule has 1 nitrogen and oxygen atoms in total. The van der Waals surface area contributed by atoms with Crippen LogP contribution in [0.5, 0.6) is 0 Å². The van der Waals surface area contributed by atoms with Gasteiger partial charge in [0.05, 0.1) is 11.1 Å². The number of methoxy groups -OCH3 is 1. The fraction of sp³-hybridized carbons (Fsp3) is 0.333. The predicted octanol–water partition coefficient (Wildman–Crippen LogP) is 2.78. The first-order valence-corrected chi connectivity index (χ1v) is 4.46. The van der Waals surface area contributed by atoms with Gasteiger partial charge >= 0.3 is 0 Å². The van der Waals surface area contributed by atoms with Crippen molar-refractivity contribution < 1.29 is 9.13 Å². The second-order valence-corrected chi connectivity index (χ2v) is 3.35. The van der Waals surface area contributed by atoms with Gasteiger partial charge in [0.15, 0.2) is 0 Å². The highest BCUT2D eigenvalue weighted by Crippen LogP contribution is 2.16. The molecule has 0 heterocycles. The summed E-state index contributed by atoms with van der Waals surface area (Å²) in [7, 11) is 1.63. The molecule has 0 N–H and O–H groups in total. The van der Waals surface area contributed by atoms with Gasteiger partial charge < -0.3 is 4.74 Å². The van der Waals surface area contributed by atoms with E-state index in [9.17, 15) is 4.39 Å². The van der Waals surface area contributed by atoms with Crippen molar-refractivity contribution in [1.29, 1.82) is 0 Å². The molecular weight excluding hydrogens is 223 g/mol. The minimum atomic E-state index is -0.219. The zero-order valence-electron chi connectivity index (χ0n) is 6.81. The molecule has 0 aromatic heterocycles. The van der Waals surface area contributed by atoms with Crippen LogP contribution in [0, 0.1) is 5.82 Å². The van der Waals surface area contributed by atoms with E-state index in [1.165, 1.54) is 6.07 Å². The number of rotatable bonds is 3. The lowest BCUT2D eigenvalue weighted by Gasteiger charge is -2.01. The van der Waals surface area contributed by atoms with E-state index < -0.39 is 0 Å². The molecule has 66 valence electrons. The van der Waals surface area contributed by atoms with Crippen LogP contribution in [0.4, 0.5) is 4.39 Å². The van der Waals surface area contributed by atoms with Crippen molar-refractivity contribution in [3.8, 4) is 0 Å². The fourth-order valence-electron chi connectivity index (χ4n) is 0.915. The number of benzene rings is 1. The lowest BCUT2D eigenvalue weighted by molar-refractivity contribution is 0.202. The smallest absolute Gasteiger partial charge is 0.137 e. The molecule has 0 saturated carbocycles. The Morgan fingerprint density at radius 1 is 1.50 bits per heavy atom. The summed E-state index contributed by atoms with van der Waals surface area (Å²) in [5.41, 5.74) is 0.956. The van der Waals surface area contributed by atoms with Gasteiger partial charge in [0.25, 0.3) is 0 Å². The maximum absolute atomic E-state index is 12.9. The minimum absolute atomic E-state index is 0.219. The summed E-state index contributed by atoms with van der Waals surface area (Å²) in [4.78, 5) is 0. The summed E-state index contributed by atoms with van der Waals surface area (Å²) < 4.78 is 18.3. The second-order valence-electron chi connectivity index (χ2n) is 2.49. The van der Waals surface area contributed by atoms with Crippen LogP contribution in [0.1, 0.15) is 5.56 Å². The van der Waals surface area contributed by atoms with Crippen molar-refractivity contribution in [3.05, 3.63) is 34.1 Å². The molecule has 0 aliphatic heterocycles. The van der Waals surface area contributed by atoms with Crippen LogP contribution in [0.3, 0.4) is 0 Å². The lowest BCUT2D eigenvalue weighted by atomic mass is 10.2. The van der Waals surface area contributed by atoms with Gasteiger partial charge in [-0.25, -0.2) is 4.39 Å². The highest BCUT2D eigenvalue weighted by molar-refractivity contribution is 9.10. The SMILES string of the molecule is COCCc1ccc(Br)c(F)c1. The molecule has 1 aromatic carbocycles. The normalized spacial score (nSPS) is 10.2. The molecule has 0 unspecified atom stereocenters. The van der Waals surface area contributed by atoms with E-state index >= 15 is 0 Å². The third kappa shape index (κ3) is 2.57. The van der Waals surface area contributed by atoms with Crippen molar-refractivity contribution in [2.45, 2.75) is 6.42 Å². The number of hydrogen-bond donors (Lipinski definition) is 0. The molecule has 12 heavy (non-hydrogen) atoms. The van der Waals surface area contributed by atoms with E-state index in [0.717, 1.165) is 12.0 Å². The number of ether oxygens (including phenoxy) is 1. The molecule has 1 rings (SSSR count). The first-order chi connectivity index (χ1) is 5.74. The Balaban J connectivity index is 2.69. The summed E-state index contributed by atoms with van der Waals surface area (Å²) >= 11 is 3.09. The third-order valence-corrected chi connectivity index (χ3v) is 2.22. The van der Waals surface area contributed by atoms with E-state index in [1.54, 1.807) is 13.2 Å². The molecular formula is C9H10BrFO. The van der Waals surface area contributed by atoms with Crippen LogP contribution >= 0.6 is 15.9 Å². The summed E-state index contributed by atoms with van der Waals surface area (Å²) in [5, 5.41) is 0. The summed E-state index contributed by atoms with van der Waals surface area (Å²) in [5.74, 6) is -0.219. The van der Waals surface area contributed by atoms with Gasteiger partial charge in [-0.2, -0.15) is 0 Å². The monoisotopic (exact) mass is 232 g/mol. The molecule has 0 amide bonds. The van der Waals surface area contributed by atoms with Gasteiger partial charge in [-0.3, -0.25) is 0 Å². The van der Waals surface area contributed by atoms with Crippen molar-refractivity contribution >= 4 is 15.9 Å². The maximum atomic E-state index is 12.9. The Kier molecular flexibility index (Phi) is 3.69. The summed E-state index contributed by atoms with van der Waals surface area (Å²) in [6, 6.07) is 5.11. The van der Waals surface area contributed by atoms with Crippen LogP contribution in [-0.4, -0.2) is 13.7 Å². The van der Waals surface area contributed by atoms with Crippen LogP contribution in [0.15, 0.2) is 22.7 Å². The Labute approximate surface area is 79.7 Å². The van der Waals surface area contributed by atoms with E-state index in [1.807, 2.05) is 6.07 Å². The zero-order chi connectivity index (χ0) is 8.97. The molecule has 0 bridgehead atoms. The topological polar surface area (TPSA) is 9.23 Å². The van der Waals surface area contributed by atoms with Gasteiger partial charge in [0, 0.05) is 7.11 Å². The summed E-state index contributed by atoms with van der Waals surface area (Å²) in [6.45, 7) is 0.626. The minimum Gasteiger partial charge on any atom is -0.384 e. The van der Waals surface area contributed by atoms with Gasteiger partial charge in [-0.05, 0) is 40.0 Å². The van der Waals surface area contributed by atoms with Crippen molar-refractivity contribution in [3.63, 3.8) is 0 Å². The van der Waals surface area contributed by atoms with E-state index in [4.69, 9.17) is 4.74 Å². The van der Waals surface area contributed by atoms with Crippen LogP contribution in [0.25, 0.3) is 0 Å². The van der Waals surface area contributed by atoms with Crippen molar-refractivity contribution in [2.75, 3.05) is 13.7 Å². The maximum Gasteiger partial charge on any atom is 0.137 e. The van der Waals surface area contributed by atoms with Gasteiger partial charge in [-0.15, -0.1) is 0 Å². The first-order valence-electron chi connectivity index (χ1n) is 3.67. The standard InChI is InChI=1S/C9H10BrFO/c1-12-5-4-7-2-3-8(10)9(11)6-7/h2-3,6H,4-5H2,1H3. The molecule has 0 fully saturated rings. The molecule has 0 spiro atoms. The third-order valence-electron chi connectivity index (χ3n) is 1.58. The van der Waals surface area contributed by atoms with E-state index in [2.05, 4.69) is 15.9 Å². The van der Waals surface area contributed by atoms with Crippen molar-refractivity contribution in [1.82, 2.24) is 0 Å². The zero-order valence-corrected chi connectivity index (χ0v) is 8.40. The van der Waals surface area contributed by atoms with Crippen molar-refractivity contribution in [2.24, 2.45) is 0 Å². The summed E-state index contributed by atoms with van der Waals surface area (Å²) in [6.07, 6.45) is 0.751. The molecule has 0 atom stereocenters. The van der Waals surface area contributed by atoms with Crippen LogP contribution in [0.2, 0.25) is 0 Å². The average molecular weight is 233 g/mol. The molecule has 0 aliphatic carbocycles. The van der Waals surface area contributed by atoms with Crippen LogP contribution in [-0.2, 0) is 11.2 Å². The largest absolute Gasteiger partial charge is 0.384 e. The molecule has 3 heteroatoms. The van der Waals surface area contributed by atoms with Crippen LogP contribution < -0.4 is 0 Å². The van der Waals surface area contributed by atoms with E-state index in [0.29, 0.717) is 11.1 Å². The fourth-order valence-corrected chi connectivity index (χ4v) is 1.16. The second kappa shape index (κ2) is 4.58. The first kappa shape index (κ1) is 9.68. The predicted molar refractivity (Wildman–Crippen MR) is 49.7 cm³/mol. The molecule has 1 aromatic rings. The highest BCUT2D eigenvalue weighted by Gasteiger charge is 1.99. The Hall–Kier alpha value is -0.410. The van der Waals surface area contributed by atoms with Gasteiger partial charge in [-0.1, -0.05) is 6.07 Å². The quantitative estimate of drug-likeness (QED) is 0.779. The molecule has 0 saturated heterocycles. The lowest BCUT2D eigenvalue weighted by Crippen LogP contribution is -1.94. The average Bonchev–Trinajstić information content (AvgIpc) is 2.07. The van der Waals surface area contributed by atoms with Gasteiger partial charge in [0.2, 0.25) is 0 Å². The van der Waals surface area contributed by atoms with E-state index in [-0.39, 0.29) is 5.82 Å². The Bertz CT molecular complexity index is 263.